The molecule has 3 fully saturated rings. The van der Waals surface area contributed by atoms with Crippen molar-refractivity contribution in [2.45, 2.75) is 73.6 Å². The number of aliphatic hydroxyl groups excluding tert-OH is 3. The molecule has 6 aromatic heterocycles. The molecule has 0 spiro atoms. The van der Waals surface area contributed by atoms with Gasteiger partial charge in [-0.3, -0.25) is 51.5 Å². The number of phosphoric acid groups is 4. The van der Waals surface area contributed by atoms with Crippen LogP contribution in [0.5, 0.6) is 0 Å². The van der Waals surface area contributed by atoms with Crippen molar-refractivity contribution < 1.29 is 197 Å². The molecule has 9 rings (SSSR count). The van der Waals surface area contributed by atoms with E-state index < -0.39 is 136 Å². The minimum atomic E-state index is -6.56. The van der Waals surface area contributed by atoms with Gasteiger partial charge >= 0.3 is 94.3 Å². The van der Waals surface area contributed by atoms with E-state index in [1.807, 2.05) is 0 Å². The Kier molecular flexibility index (Phi) is 22.0. The number of aryl methyl sites for hydroxylation is 1. The third-order valence-electron chi connectivity index (χ3n) is 12.0. The third-order valence-corrected chi connectivity index (χ3v) is 17.1. The van der Waals surface area contributed by atoms with Gasteiger partial charge in [-0.25, -0.2) is 33.1 Å². The fourth-order valence-corrected chi connectivity index (χ4v) is 13.0. The van der Waals surface area contributed by atoms with E-state index in [0.29, 0.717) is 0 Å². The van der Waals surface area contributed by atoms with Crippen LogP contribution < -0.4 is 141 Å². The summed E-state index contributed by atoms with van der Waals surface area (Å²) in [4.78, 5) is 106. The Bertz CT molecular complexity index is 3530. The molecule has 0 radical (unpaired) electrons. The molecule has 0 bridgehead atoms. The largest absolute Gasteiger partial charge is 1.00 e. The predicted octanol–water partition coefficient (Wildman–Crippen LogP) is -15.1. The zero-order valence-corrected chi connectivity index (χ0v) is 52.3. The summed E-state index contributed by atoms with van der Waals surface area (Å²) in [5.41, 5.74) is 9.72. The number of nitrogens with zero attached hydrogens (tertiary/aromatic N) is 10. The number of nitrogens with one attached hydrogen (secondary N) is 3. The molecule has 3 aliphatic heterocycles. The average molecular weight is 1240 g/mol. The first kappa shape index (κ1) is 67.0. The normalized spacial score (nSPS) is 28.8. The molecule has 16 atom stereocenters. The molecule has 0 aliphatic carbocycles. The van der Waals surface area contributed by atoms with Crippen LogP contribution in [0.3, 0.4) is 0 Å². The zero-order chi connectivity index (χ0) is 55.7. The van der Waals surface area contributed by atoms with E-state index in [2.05, 4.69) is 58.3 Å². The minimum absolute atomic E-state index is 0. The number of methoxy groups -OCH3 is 2. The zero-order valence-electron chi connectivity index (χ0n) is 42.7. The van der Waals surface area contributed by atoms with Crippen LogP contribution in [-0.2, 0) is 75.7 Å². The Morgan fingerprint density at radius 3 is 1.86 bits per heavy atom. The quantitative estimate of drug-likeness (QED) is 0.0188. The molecule has 3 saturated heterocycles. The van der Waals surface area contributed by atoms with Gasteiger partial charge in [0.15, 0.2) is 41.4 Å². The number of imidazole rings is 3. The number of ether oxygens (including phenoxy) is 5. The SMILES string of the molecule is CNc1ncnc2c1ncn2[C@@H]1O[C@H](COP(=O)([O-])OP(=O)([O-])OP(=O)([O-])OC[C@H]2O[C@@H]([n+]3cn(C)c4c(=O)[nH]c(N)nc43)[C@@H](O)C2OC)C(OP(=O)([O-])OC[C@H]2O[C@@H](n3cnc4c(=O)[nH]c(N)nc43)[C@@H](O)C2O)[C@@H]1OC.[Na+].[Na+].[Na+]. The van der Waals surface area contributed by atoms with Crippen LogP contribution in [0.1, 0.15) is 18.7 Å². The van der Waals surface area contributed by atoms with Crippen LogP contribution in [0, 0.1) is 0 Å². The first-order chi connectivity index (χ1) is 36.2. The van der Waals surface area contributed by atoms with Gasteiger partial charge in [0, 0.05) is 21.3 Å². The predicted molar refractivity (Wildman–Crippen MR) is 240 cm³/mol. The molecule has 0 saturated carbocycles. The second-order valence-electron chi connectivity index (χ2n) is 16.8. The Labute approximate surface area is 513 Å². The van der Waals surface area contributed by atoms with Crippen LogP contribution in [0.2, 0.25) is 0 Å². The summed E-state index contributed by atoms with van der Waals surface area (Å²) in [6, 6.07) is 0. The van der Waals surface area contributed by atoms with Crippen molar-refractivity contribution in [2.75, 3.05) is 57.9 Å². The number of hydrogen-bond donors (Lipinski definition) is 8. The van der Waals surface area contributed by atoms with Crippen molar-refractivity contribution >= 4 is 82.5 Å². The van der Waals surface area contributed by atoms with Crippen molar-refractivity contribution in [1.82, 2.24) is 53.6 Å². The molecule has 46 heteroatoms. The Morgan fingerprint density at radius 2 is 1.24 bits per heavy atom. The van der Waals surface area contributed by atoms with Crippen molar-refractivity contribution in [2.24, 2.45) is 7.05 Å². The minimum Gasteiger partial charge on any atom is -0.756 e. The van der Waals surface area contributed by atoms with Gasteiger partial charge in [0.25, 0.3) is 48.4 Å². The first-order valence-electron chi connectivity index (χ1n) is 21.9. The van der Waals surface area contributed by atoms with Gasteiger partial charge in [0.05, 0.1) is 39.5 Å². The molecular formula is C34H44N15Na3O24P4. The smallest absolute Gasteiger partial charge is 0.756 e. The van der Waals surface area contributed by atoms with E-state index in [9.17, 15) is 62.7 Å². The van der Waals surface area contributed by atoms with Gasteiger partial charge < -0.3 is 93.5 Å². The Balaban J connectivity index is 0.00000344. The Hall–Kier alpha value is -2.15. The van der Waals surface area contributed by atoms with Gasteiger partial charge in [-0.15, -0.1) is 0 Å². The molecule has 6 aromatic rings. The second-order valence-corrected chi connectivity index (χ2v) is 22.7. The molecule has 422 valence electrons. The Morgan fingerprint density at radius 1 is 0.688 bits per heavy atom. The maximum absolute atomic E-state index is 13.6. The van der Waals surface area contributed by atoms with Crippen LogP contribution in [0.15, 0.2) is 34.9 Å². The van der Waals surface area contributed by atoms with Crippen molar-refractivity contribution in [1.29, 1.82) is 0 Å². The number of H-pyrrole nitrogens is 2. The number of phosphoric ester groups is 3. The number of hydrogen-bond acceptors (Lipinski definition) is 33. The fourth-order valence-electron chi connectivity index (χ4n) is 8.70. The average Bonchev–Trinajstić information content (AvgIpc) is 4.20. The molecule has 10 N–H and O–H groups in total. The van der Waals surface area contributed by atoms with Gasteiger partial charge in [0.1, 0.15) is 66.8 Å². The molecular weight excluding hydrogens is 1200 g/mol. The van der Waals surface area contributed by atoms with Crippen LogP contribution in [-0.4, -0.2) is 165 Å². The number of nitrogens with two attached hydrogens (primary N) is 2. The molecule has 9 heterocycles. The number of fused-ring (bicyclic) bond motifs is 3. The molecule has 0 aromatic carbocycles. The monoisotopic (exact) mass is 1240 g/mol. The summed E-state index contributed by atoms with van der Waals surface area (Å²) in [7, 11) is -19.6. The summed E-state index contributed by atoms with van der Waals surface area (Å²) in [5, 5.41) is 35.6. The van der Waals surface area contributed by atoms with E-state index in [1.165, 1.54) is 40.5 Å². The maximum atomic E-state index is 13.6. The van der Waals surface area contributed by atoms with Crippen LogP contribution in [0.25, 0.3) is 33.5 Å². The van der Waals surface area contributed by atoms with Crippen LogP contribution in [0.4, 0.5) is 17.7 Å². The summed E-state index contributed by atoms with van der Waals surface area (Å²) >= 11 is 0. The van der Waals surface area contributed by atoms with Crippen molar-refractivity contribution in [3.8, 4) is 0 Å². The van der Waals surface area contributed by atoms with Gasteiger partial charge in [-0.05, 0) is 0 Å². The molecule has 0 amide bonds. The van der Waals surface area contributed by atoms with Gasteiger partial charge in [0.2, 0.25) is 17.7 Å². The summed E-state index contributed by atoms with van der Waals surface area (Å²) in [6.45, 7) is -3.55. The molecule has 3 aliphatic rings. The summed E-state index contributed by atoms with van der Waals surface area (Å²) in [5.74, 6) is -0.394. The second kappa shape index (κ2) is 26.2. The topological polar surface area (TPSA) is 549 Å². The first-order valence-corrected chi connectivity index (χ1v) is 27.8. The molecule has 80 heavy (non-hydrogen) atoms. The van der Waals surface area contributed by atoms with Crippen molar-refractivity contribution in [3.05, 3.63) is 46.0 Å². The van der Waals surface area contributed by atoms with Gasteiger partial charge in [-0.1, -0.05) is 4.98 Å². The number of rotatable bonds is 21. The number of aromatic amines is 2. The van der Waals surface area contributed by atoms with E-state index in [1.54, 1.807) is 0 Å². The summed E-state index contributed by atoms with van der Waals surface area (Å²) < 4.78 is 113. The standard InChI is InChI=1S/C34H47N15O24P4.3Na/c1-37-24-15-25(39-8-38-24)47(9-40-15)32-23(64-4)22(71-74(55,56)65-5-12-18(50)19(51)30(68-12)48-10-41-16-26(48)42-33(35)44-28(16)53)14(70-32)7-67-76(59,60)73-77(61,62)72-75(57,58)66-6-13-21(63-3)20(52)31(69-13)49-11-46(2)17-27(49)43-34(36)45-29(17)54;;;/h8-14,18-23,30-32,50-52H,5-7H2,1-4H3,(H10-,35,36,37,38,39,42,43,44,45,53,54,55,56,57,58,59,60,61,62);;;/q;3*+1/p-3/t12-,13-,14-,18?,19+,20+,21?,22?,23+,30-,31-,32-;;;/m1.../s1. The van der Waals surface area contributed by atoms with Gasteiger partial charge in [-0.2, -0.15) is 4.98 Å². The van der Waals surface area contributed by atoms with Crippen molar-refractivity contribution in [3.63, 3.8) is 0 Å². The molecule has 39 nitrogen and oxygen atoms in total. The number of nitrogen functional groups attached to an aromatic ring is 2. The van der Waals surface area contributed by atoms with E-state index in [4.69, 9.17) is 48.7 Å². The maximum Gasteiger partial charge on any atom is 1.00 e. The summed E-state index contributed by atoms with van der Waals surface area (Å²) in [6.07, 6.45) is -15.1. The number of anilines is 3. The van der Waals surface area contributed by atoms with E-state index in [0.717, 1.165) is 31.4 Å². The van der Waals surface area contributed by atoms with E-state index >= 15 is 0 Å². The van der Waals surface area contributed by atoms with E-state index in [-0.39, 0.29) is 140 Å². The van der Waals surface area contributed by atoms with Crippen LogP contribution >= 0.6 is 31.3 Å². The number of aromatic nitrogens is 12. The fraction of sp³-hybridized carbons (Fsp3) is 0.559. The third kappa shape index (κ3) is 13.9. The number of aliphatic hydroxyl groups is 3. The molecule has 7 unspecified atom stereocenters.